The second-order valence-electron chi connectivity index (χ2n) is 8.06. The number of nitrogens with zero attached hydrogens (tertiary/aromatic N) is 4. The molecule has 0 spiro atoms. The fourth-order valence-corrected chi connectivity index (χ4v) is 4.05. The SMILES string of the molecule is Cn1ncc(-c2nc(NC3CCC(N)CC3)nc3ccoc23)c1CC1CC1. The van der Waals surface area contributed by atoms with E-state index in [1.54, 1.807) is 6.26 Å². The summed E-state index contributed by atoms with van der Waals surface area (Å²) in [5.74, 6) is 1.44. The van der Waals surface area contributed by atoms with Gasteiger partial charge in [0, 0.05) is 36.5 Å². The summed E-state index contributed by atoms with van der Waals surface area (Å²) >= 11 is 0. The second kappa shape index (κ2) is 6.64. The molecule has 3 N–H and O–H groups in total. The maximum absolute atomic E-state index is 6.03. The molecule has 0 radical (unpaired) electrons. The minimum absolute atomic E-state index is 0.330. The molecular weight excluding hydrogens is 340 g/mol. The smallest absolute Gasteiger partial charge is 0.224 e. The van der Waals surface area contributed by atoms with Crippen LogP contribution in [0.4, 0.5) is 5.95 Å². The van der Waals surface area contributed by atoms with E-state index in [0.29, 0.717) is 18.0 Å². The highest BCUT2D eigenvalue weighted by Crippen LogP contribution is 2.37. The molecule has 5 rings (SSSR count). The van der Waals surface area contributed by atoms with Gasteiger partial charge in [-0.25, -0.2) is 9.97 Å². The second-order valence-corrected chi connectivity index (χ2v) is 8.06. The summed E-state index contributed by atoms with van der Waals surface area (Å²) < 4.78 is 7.71. The van der Waals surface area contributed by atoms with Crippen LogP contribution in [0.1, 0.15) is 44.2 Å². The minimum Gasteiger partial charge on any atom is -0.460 e. The third kappa shape index (κ3) is 3.32. The van der Waals surface area contributed by atoms with Gasteiger partial charge in [0.1, 0.15) is 11.2 Å². The van der Waals surface area contributed by atoms with Crippen molar-refractivity contribution in [3.8, 4) is 11.3 Å². The van der Waals surface area contributed by atoms with Gasteiger partial charge in [0.05, 0.1) is 12.5 Å². The van der Waals surface area contributed by atoms with Crippen molar-refractivity contribution in [2.45, 2.75) is 57.0 Å². The first kappa shape index (κ1) is 16.7. The van der Waals surface area contributed by atoms with Gasteiger partial charge in [-0.3, -0.25) is 4.68 Å². The predicted molar refractivity (Wildman–Crippen MR) is 104 cm³/mol. The number of fused-ring (bicyclic) bond motifs is 1. The lowest BCUT2D eigenvalue weighted by molar-refractivity contribution is 0.410. The number of aromatic nitrogens is 4. The molecule has 3 heterocycles. The van der Waals surface area contributed by atoms with Crippen LogP contribution in [-0.4, -0.2) is 31.8 Å². The fraction of sp³-hybridized carbons (Fsp3) is 0.550. The van der Waals surface area contributed by atoms with Crippen LogP contribution in [-0.2, 0) is 13.5 Å². The van der Waals surface area contributed by atoms with E-state index in [9.17, 15) is 0 Å². The first-order valence-electron chi connectivity index (χ1n) is 9.96. The van der Waals surface area contributed by atoms with E-state index in [-0.39, 0.29) is 0 Å². The Morgan fingerprint density at radius 3 is 2.78 bits per heavy atom. The van der Waals surface area contributed by atoms with Gasteiger partial charge in [-0.15, -0.1) is 0 Å². The van der Waals surface area contributed by atoms with E-state index >= 15 is 0 Å². The van der Waals surface area contributed by atoms with Gasteiger partial charge in [-0.1, -0.05) is 0 Å². The number of anilines is 1. The zero-order chi connectivity index (χ0) is 18.4. The summed E-state index contributed by atoms with van der Waals surface area (Å²) in [6.07, 6.45) is 11.5. The molecule has 0 saturated heterocycles. The van der Waals surface area contributed by atoms with Crippen LogP contribution in [0.5, 0.6) is 0 Å². The average Bonchev–Trinajstić information content (AvgIpc) is 3.23. The molecule has 2 aliphatic carbocycles. The average molecular weight is 366 g/mol. The number of nitrogens with two attached hydrogens (primary N) is 1. The van der Waals surface area contributed by atoms with Crippen molar-refractivity contribution in [2.24, 2.45) is 18.7 Å². The Bertz CT molecular complexity index is 949. The van der Waals surface area contributed by atoms with E-state index in [1.807, 2.05) is 24.0 Å². The van der Waals surface area contributed by atoms with Gasteiger partial charge in [-0.2, -0.15) is 5.10 Å². The van der Waals surface area contributed by atoms with Crippen LogP contribution in [0.25, 0.3) is 22.4 Å². The molecule has 0 atom stereocenters. The summed E-state index contributed by atoms with van der Waals surface area (Å²) in [5, 5.41) is 8.03. The van der Waals surface area contributed by atoms with Gasteiger partial charge in [-0.05, 0) is 50.9 Å². The quantitative estimate of drug-likeness (QED) is 0.720. The Balaban J connectivity index is 1.51. The van der Waals surface area contributed by atoms with Crippen LogP contribution < -0.4 is 11.1 Å². The molecule has 27 heavy (non-hydrogen) atoms. The van der Waals surface area contributed by atoms with Crippen LogP contribution in [0.15, 0.2) is 22.9 Å². The van der Waals surface area contributed by atoms with Gasteiger partial charge in [0.25, 0.3) is 0 Å². The number of hydrogen-bond acceptors (Lipinski definition) is 6. The highest BCUT2D eigenvalue weighted by atomic mass is 16.3. The van der Waals surface area contributed by atoms with Crippen molar-refractivity contribution >= 4 is 17.0 Å². The lowest BCUT2D eigenvalue weighted by atomic mass is 9.92. The van der Waals surface area contributed by atoms with Gasteiger partial charge in [0.15, 0.2) is 5.58 Å². The first-order valence-corrected chi connectivity index (χ1v) is 9.96. The highest BCUT2D eigenvalue weighted by Gasteiger charge is 2.27. The number of rotatable bonds is 5. The molecule has 3 aromatic rings. The number of hydrogen-bond donors (Lipinski definition) is 2. The van der Waals surface area contributed by atoms with Crippen molar-refractivity contribution in [1.82, 2.24) is 19.7 Å². The Hall–Kier alpha value is -2.41. The Kier molecular flexibility index (Phi) is 4.11. The lowest BCUT2D eigenvalue weighted by Crippen LogP contribution is -2.33. The third-order valence-corrected chi connectivity index (χ3v) is 5.90. The Morgan fingerprint density at radius 1 is 1.19 bits per heavy atom. The molecular formula is C20H26N6O. The van der Waals surface area contributed by atoms with E-state index in [0.717, 1.165) is 60.4 Å². The molecule has 0 amide bonds. The van der Waals surface area contributed by atoms with Crippen LogP contribution in [0.2, 0.25) is 0 Å². The maximum Gasteiger partial charge on any atom is 0.224 e. The van der Waals surface area contributed by atoms with E-state index in [4.69, 9.17) is 15.1 Å². The summed E-state index contributed by atoms with van der Waals surface area (Å²) in [6.45, 7) is 0. The fourth-order valence-electron chi connectivity index (χ4n) is 4.05. The van der Waals surface area contributed by atoms with Crippen LogP contribution >= 0.6 is 0 Å². The molecule has 0 aromatic carbocycles. The first-order chi connectivity index (χ1) is 13.2. The molecule has 0 aliphatic heterocycles. The molecule has 0 unspecified atom stereocenters. The van der Waals surface area contributed by atoms with E-state index in [2.05, 4.69) is 15.4 Å². The van der Waals surface area contributed by atoms with E-state index < -0.39 is 0 Å². The van der Waals surface area contributed by atoms with Crippen LogP contribution in [0.3, 0.4) is 0 Å². The molecule has 7 heteroatoms. The molecule has 2 fully saturated rings. The molecule has 142 valence electrons. The molecule has 7 nitrogen and oxygen atoms in total. The molecule has 3 aromatic heterocycles. The third-order valence-electron chi connectivity index (χ3n) is 5.90. The lowest BCUT2D eigenvalue weighted by Gasteiger charge is -2.26. The maximum atomic E-state index is 6.03. The van der Waals surface area contributed by atoms with Gasteiger partial charge in [0.2, 0.25) is 5.95 Å². The summed E-state index contributed by atoms with van der Waals surface area (Å²) in [5.41, 5.74) is 10.7. The number of aryl methyl sites for hydroxylation is 1. The van der Waals surface area contributed by atoms with Gasteiger partial charge >= 0.3 is 0 Å². The zero-order valence-electron chi connectivity index (χ0n) is 15.7. The molecule has 0 bridgehead atoms. The van der Waals surface area contributed by atoms with Crippen LogP contribution in [0, 0.1) is 5.92 Å². The normalized spacial score (nSPS) is 23.0. The monoisotopic (exact) mass is 366 g/mol. The summed E-state index contributed by atoms with van der Waals surface area (Å²) in [6, 6.07) is 2.61. The zero-order valence-corrected chi connectivity index (χ0v) is 15.7. The summed E-state index contributed by atoms with van der Waals surface area (Å²) in [4.78, 5) is 9.53. The Morgan fingerprint density at radius 2 is 2.00 bits per heavy atom. The van der Waals surface area contributed by atoms with Gasteiger partial charge < -0.3 is 15.5 Å². The molecule has 2 aliphatic rings. The van der Waals surface area contributed by atoms with Crippen molar-refractivity contribution in [1.29, 1.82) is 0 Å². The van der Waals surface area contributed by atoms with Crippen molar-refractivity contribution in [2.75, 3.05) is 5.32 Å². The topological polar surface area (TPSA) is 94.8 Å². The highest BCUT2D eigenvalue weighted by molar-refractivity contribution is 5.89. The van der Waals surface area contributed by atoms with Crippen molar-refractivity contribution in [3.05, 3.63) is 24.2 Å². The van der Waals surface area contributed by atoms with Crippen molar-refractivity contribution in [3.63, 3.8) is 0 Å². The Labute approximate surface area is 158 Å². The standard InChI is InChI=1S/C20H26N6O/c1-26-17(10-12-2-3-12)15(11-22-26)18-19-16(8-9-27-19)24-20(25-18)23-14-6-4-13(21)5-7-14/h8-9,11-14H,2-7,10,21H2,1H3,(H,23,24,25). The summed E-state index contributed by atoms with van der Waals surface area (Å²) in [7, 11) is 2.01. The minimum atomic E-state index is 0.330. The predicted octanol–water partition coefficient (Wildman–Crippen LogP) is 3.26. The number of nitrogens with one attached hydrogen (secondary N) is 1. The van der Waals surface area contributed by atoms with E-state index in [1.165, 1.54) is 18.5 Å². The number of furan rings is 1. The molecule has 2 saturated carbocycles. The van der Waals surface area contributed by atoms with Crippen molar-refractivity contribution < 1.29 is 4.42 Å². The largest absolute Gasteiger partial charge is 0.460 e.